The molecule has 0 aliphatic rings. The molecule has 1 aromatic carbocycles. The Bertz CT molecular complexity index is 775. The van der Waals surface area contributed by atoms with Crippen molar-refractivity contribution in [2.24, 2.45) is 0 Å². The number of carbonyl (C=O) groups excluding carboxylic acids is 1. The maximum Gasteiger partial charge on any atom is 0.296 e. The second-order valence-electron chi connectivity index (χ2n) is 4.70. The Morgan fingerprint density at radius 2 is 1.95 bits per heavy atom. The lowest BCUT2D eigenvalue weighted by Crippen LogP contribution is -2.11. The highest BCUT2D eigenvalue weighted by molar-refractivity contribution is 7.14. The summed E-state index contributed by atoms with van der Waals surface area (Å²) < 4.78 is 4.92. The summed E-state index contributed by atoms with van der Waals surface area (Å²) in [4.78, 5) is 16.4. The minimum Gasteiger partial charge on any atom is -0.351 e. The van der Waals surface area contributed by atoms with Gasteiger partial charge in [0.1, 0.15) is 0 Å². The van der Waals surface area contributed by atoms with E-state index in [1.165, 1.54) is 23.1 Å². The fourth-order valence-electron chi connectivity index (χ4n) is 1.85. The molecule has 0 spiro atoms. The third kappa shape index (κ3) is 3.23. The molecule has 3 aromatic rings. The first kappa shape index (κ1) is 15.9. The molecule has 0 saturated carbocycles. The molecule has 5 nitrogen and oxygen atoms in total. The first-order valence-electron chi connectivity index (χ1n) is 6.38. The monoisotopic (exact) mass is 315 g/mol. The first-order chi connectivity index (χ1) is 10.1. The second kappa shape index (κ2) is 6.53. The van der Waals surface area contributed by atoms with Gasteiger partial charge in [-0.3, -0.25) is 10.1 Å². The fraction of sp³-hybridized carbons (Fsp3) is 0.188. The van der Waals surface area contributed by atoms with Gasteiger partial charge in [-0.2, -0.15) is 0 Å². The summed E-state index contributed by atoms with van der Waals surface area (Å²) in [7, 11) is 0. The third-order valence-corrected chi connectivity index (χ3v) is 3.78. The number of hydrogen-bond acceptors (Lipinski definition) is 5. The maximum atomic E-state index is 12.0. The molecular weight excluding hydrogens is 298 g/mol. The van der Waals surface area contributed by atoms with E-state index in [0.29, 0.717) is 10.7 Å². The van der Waals surface area contributed by atoms with Crippen LogP contribution in [0.2, 0.25) is 0 Å². The molecule has 1 amide bonds. The molecule has 2 heterocycles. The van der Waals surface area contributed by atoms with E-state index in [2.05, 4.69) is 15.5 Å². The zero-order valence-corrected chi connectivity index (χ0v) is 12.4. The predicted octanol–water partition coefficient (Wildman–Crippen LogP) is 4.30. The van der Waals surface area contributed by atoms with Gasteiger partial charge in [-0.1, -0.05) is 42.4 Å². The van der Waals surface area contributed by atoms with Crippen LogP contribution in [0.15, 0.2) is 40.4 Å². The highest BCUT2D eigenvalue weighted by Crippen LogP contribution is 2.25. The Morgan fingerprint density at radius 1 is 1.23 bits per heavy atom. The quantitative estimate of drug-likeness (QED) is 0.782. The summed E-state index contributed by atoms with van der Waals surface area (Å²) >= 11 is 1.37. The van der Waals surface area contributed by atoms with Gasteiger partial charge in [0.15, 0.2) is 5.13 Å². The molecule has 0 fully saturated rings. The van der Waals surface area contributed by atoms with Gasteiger partial charge in [-0.25, -0.2) is 4.98 Å². The average Bonchev–Trinajstić information content (AvgIpc) is 3.09. The summed E-state index contributed by atoms with van der Waals surface area (Å²) in [5.74, 6) is -0.128. The molecule has 0 bridgehead atoms. The van der Waals surface area contributed by atoms with E-state index in [4.69, 9.17) is 4.52 Å². The number of aryl methyl sites for hydroxylation is 2. The molecule has 2 aromatic heterocycles. The van der Waals surface area contributed by atoms with E-state index in [-0.39, 0.29) is 19.1 Å². The first-order valence-corrected chi connectivity index (χ1v) is 7.26. The summed E-state index contributed by atoms with van der Waals surface area (Å²) in [6, 6.07) is 8.09. The number of amides is 1. The van der Waals surface area contributed by atoms with Gasteiger partial charge in [0.2, 0.25) is 5.76 Å². The number of rotatable bonds is 3. The number of thiazole rings is 1. The summed E-state index contributed by atoms with van der Waals surface area (Å²) in [6.07, 6.45) is 1.51. The van der Waals surface area contributed by atoms with Crippen LogP contribution in [-0.4, -0.2) is 16.0 Å². The van der Waals surface area contributed by atoms with Gasteiger partial charge >= 0.3 is 0 Å². The van der Waals surface area contributed by atoms with Crippen LogP contribution < -0.4 is 5.32 Å². The third-order valence-electron chi connectivity index (χ3n) is 3.03. The normalized spacial score (nSPS) is 10.1. The average molecular weight is 315 g/mol. The smallest absolute Gasteiger partial charge is 0.296 e. The number of benzene rings is 1. The Hall–Kier alpha value is -2.47. The van der Waals surface area contributed by atoms with Gasteiger partial charge in [0.05, 0.1) is 11.9 Å². The molecule has 0 atom stereocenters. The summed E-state index contributed by atoms with van der Waals surface area (Å²) in [6.45, 7) is 3.81. The van der Waals surface area contributed by atoms with E-state index in [1.807, 2.05) is 36.6 Å². The SMILES string of the molecule is C.Cc1ccc(-c2csc(NC(=O)c3oncc3C)n2)cc1. The second-order valence-corrected chi connectivity index (χ2v) is 5.55. The topological polar surface area (TPSA) is 68.0 Å². The number of hydrogen-bond donors (Lipinski definition) is 1. The Kier molecular flexibility index (Phi) is 4.72. The molecule has 114 valence electrons. The summed E-state index contributed by atoms with van der Waals surface area (Å²) in [5, 5.41) is 8.76. The molecule has 0 aliphatic carbocycles. The number of anilines is 1. The molecule has 0 radical (unpaired) electrons. The molecule has 1 N–H and O–H groups in total. The molecule has 0 saturated heterocycles. The number of nitrogens with zero attached hydrogens (tertiary/aromatic N) is 2. The molecule has 0 unspecified atom stereocenters. The van der Waals surface area contributed by atoms with Crippen molar-refractivity contribution in [3.63, 3.8) is 0 Å². The van der Waals surface area contributed by atoms with Crippen LogP contribution in [0, 0.1) is 13.8 Å². The number of nitrogens with one attached hydrogen (secondary N) is 1. The number of carbonyl (C=O) groups is 1. The van der Waals surface area contributed by atoms with Gasteiger partial charge in [0.25, 0.3) is 5.91 Å². The Balaban J connectivity index is 0.00000176. The van der Waals surface area contributed by atoms with Gasteiger partial charge in [-0.05, 0) is 13.8 Å². The van der Waals surface area contributed by atoms with Crippen LogP contribution in [0.4, 0.5) is 5.13 Å². The van der Waals surface area contributed by atoms with E-state index >= 15 is 0 Å². The Labute approximate surface area is 133 Å². The van der Waals surface area contributed by atoms with Gasteiger partial charge in [-0.15, -0.1) is 11.3 Å². The van der Waals surface area contributed by atoms with E-state index in [9.17, 15) is 4.79 Å². The predicted molar refractivity (Wildman–Crippen MR) is 88.2 cm³/mol. The van der Waals surface area contributed by atoms with Crippen molar-refractivity contribution in [2.45, 2.75) is 21.3 Å². The van der Waals surface area contributed by atoms with Crippen LogP contribution in [0.1, 0.15) is 29.1 Å². The zero-order chi connectivity index (χ0) is 14.8. The number of aromatic nitrogens is 2. The largest absolute Gasteiger partial charge is 0.351 e. The van der Waals surface area contributed by atoms with Crippen molar-refractivity contribution < 1.29 is 9.32 Å². The molecular formula is C16H17N3O2S. The van der Waals surface area contributed by atoms with E-state index < -0.39 is 0 Å². The standard InChI is InChI=1S/C15H13N3O2S.CH4/c1-9-3-5-11(6-4-9)12-8-21-15(17-12)18-14(19)13-10(2)7-16-20-13;/h3-8H,1-2H3,(H,17,18,19);1H4. The van der Waals surface area contributed by atoms with Crippen LogP contribution in [0.25, 0.3) is 11.3 Å². The highest BCUT2D eigenvalue weighted by atomic mass is 32.1. The lowest BCUT2D eigenvalue weighted by Gasteiger charge is -1.99. The van der Waals surface area contributed by atoms with Crippen LogP contribution >= 0.6 is 11.3 Å². The molecule has 3 rings (SSSR count). The molecule has 0 aliphatic heterocycles. The van der Waals surface area contributed by atoms with Crippen molar-refractivity contribution in [1.82, 2.24) is 10.1 Å². The van der Waals surface area contributed by atoms with E-state index in [1.54, 1.807) is 6.92 Å². The fourth-order valence-corrected chi connectivity index (χ4v) is 2.57. The minimum atomic E-state index is -0.338. The minimum absolute atomic E-state index is 0. The van der Waals surface area contributed by atoms with Crippen molar-refractivity contribution >= 4 is 22.4 Å². The molecule has 6 heteroatoms. The van der Waals surface area contributed by atoms with Crippen LogP contribution in [0.5, 0.6) is 0 Å². The Morgan fingerprint density at radius 3 is 2.59 bits per heavy atom. The van der Waals surface area contributed by atoms with Crippen molar-refractivity contribution in [1.29, 1.82) is 0 Å². The van der Waals surface area contributed by atoms with Crippen LogP contribution in [0.3, 0.4) is 0 Å². The maximum absolute atomic E-state index is 12.0. The van der Waals surface area contributed by atoms with E-state index in [0.717, 1.165) is 11.3 Å². The van der Waals surface area contributed by atoms with Crippen molar-refractivity contribution in [3.05, 3.63) is 52.7 Å². The van der Waals surface area contributed by atoms with Gasteiger partial charge < -0.3 is 4.52 Å². The van der Waals surface area contributed by atoms with Crippen LogP contribution in [-0.2, 0) is 0 Å². The molecule has 22 heavy (non-hydrogen) atoms. The lowest BCUT2D eigenvalue weighted by molar-refractivity contribution is 0.0987. The van der Waals surface area contributed by atoms with Crippen molar-refractivity contribution in [3.8, 4) is 11.3 Å². The highest BCUT2D eigenvalue weighted by Gasteiger charge is 2.16. The zero-order valence-electron chi connectivity index (χ0n) is 11.6. The van der Waals surface area contributed by atoms with Crippen molar-refractivity contribution in [2.75, 3.05) is 5.32 Å². The lowest BCUT2D eigenvalue weighted by atomic mass is 10.1. The van der Waals surface area contributed by atoms with Gasteiger partial charge in [0, 0.05) is 16.5 Å². The summed E-state index contributed by atoms with van der Waals surface area (Å²) in [5.41, 5.74) is 3.75.